The maximum Gasteiger partial charge on any atom is 0.162 e. The molecule has 4 heteroatoms. The van der Waals surface area contributed by atoms with Crippen LogP contribution >= 0.6 is 0 Å². The van der Waals surface area contributed by atoms with E-state index in [1.165, 1.54) is 10.8 Å². The molecule has 0 N–H and O–H groups in total. The van der Waals surface area contributed by atoms with E-state index in [1.807, 2.05) is 42.5 Å². The van der Waals surface area contributed by atoms with Crippen molar-refractivity contribution in [1.82, 2.24) is 4.98 Å². The molecule has 6 aromatic rings. The lowest BCUT2D eigenvalue weighted by atomic mass is 9.99. The number of fused-ring (bicyclic) bond motifs is 7. The highest BCUT2D eigenvalue weighted by Gasteiger charge is 2.19. The quantitative estimate of drug-likeness (QED) is 0.319. The van der Waals surface area contributed by atoms with Crippen molar-refractivity contribution in [2.75, 3.05) is 14.2 Å². The zero-order valence-corrected chi connectivity index (χ0v) is 17.2. The average molecular weight is 405 g/mol. The lowest BCUT2D eigenvalue weighted by molar-refractivity contribution is 0.415. The van der Waals surface area contributed by atoms with Crippen molar-refractivity contribution in [3.05, 3.63) is 78.9 Å². The number of hydrogen-bond donors (Lipinski definition) is 0. The number of furan rings is 1. The molecule has 0 unspecified atom stereocenters. The van der Waals surface area contributed by atoms with Crippen LogP contribution < -0.4 is 9.47 Å². The Balaban J connectivity index is 1.81. The van der Waals surface area contributed by atoms with Gasteiger partial charge >= 0.3 is 0 Å². The third kappa shape index (κ3) is 2.65. The van der Waals surface area contributed by atoms with Crippen LogP contribution in [0.1, 0.15) is 0 Å². The smallest absolute Gasteiger partial charge is 0.162 e. The number of methoxy groups -OCH3 is 2. The first-order valence-electron chi connectivity index (χ1n) is 10.1. The summed E-state index contributed by atoms with van der Waals surface area (Å²) in [4.78, 5) is 5.00. The van der Waals surface area contributed by atoms with Crippen LogP contribution in [0.15, 0.2) is 83.3 Å². The number of aromatic nitrogens is 1. The third-order valence-corrected chi connectivity index (χ3v) is 5.86. The monoisotopic (exact) mass is 405 g/mol. The molecule has 0 bridgehead atoms. The number of hydrogen-bond acceptors (Lipinski definition) is 4. The normalized spacial score (nSPS) is 11.5. The van der Waals surface area contributed by atoms with E-state index in [1.54, 1.807) is 14.2 Å². The van der Waals surface area contributed by atoms with Crippen LogP contribution in [0.2, 0.25) is 0 Å². The van der Waals surface area contributed by atoms with Gasteiger partial charge in [-0.15, -0.1) is 0 Å². The van der Waals surface area contributed by atoms with Gasteiger partial charge in [0.1, 0.15) is 22.8 Å². The van der Waals surface area contributed by atoms with Crippen LogP contribution in [0.3, 0.4) is 0 Å². The Hall–Kier alpha value is -4.05. The van der Waals surface area contributed by atoms with Gasteiger partial charge in [-0.3, -0.25) is 0 Å². The first-order chi connectivity index (χ1) is 15.3. The van der Waals surface area contributed by atoms with Gasteiger partial charge in [0.15, 0.2) is 5.58 Å². The minimum atomic E-state index is 0.776. The molecule has 0 aliphatic heterocycles. The van der Waals surface area contributed by atoms with E-state index >= 15 is 0 Å². The molecule has 31 heavy (non-hydrogen) atoms. The molecule has 0 spiro atoms. The fourth-order valence-corrected chi connectivity index (χ4v) is 4.35. The van der Waals surface area contributed by atoms with Gasteiger partial charge in [0, 0.05) is 27.8 Å². The summed E-state index contributed by atoms with van der Waals surface area (Å²) < 4.78 is 17.2. The molecular weight excluding hydrogens is 386 g/mol. The Labute approximate surface area is 178 Å². The molecule has 0 aliphatic rings. The van der Waals surface area contributed by atoms with Crippen LogP contribution in [0.4, 0.5) is 0 Å². The van der Waals surface area contributed by atoms with Gasteiger partial charge in [-0.05, 0) is 53.2 Å². The number of rotatable bonds is 3. The van der Waals surface area contributed by atoms with Gasteiger partial charge in [0.05, 0.1) is 19.7 Å². The second-order valence-electron chi connectivity index (χ2n) is 7.54. The number of pyridine rings is 1. The SMILES string of the molecule is COc1ccc(-c2nc3cc(OC)ccc3c3c2oc2ccc4ccccc4c23)cc1. The second kappa shape index (κ2) is 6.74. The molecule has 0 atom stereocenters. The summed E-state index contributed by atoms with van der Waals surface area (Å²) in [7, 11) is 3.34. The Morgan fingerprint density at radius 1 is 0.710 bits per heavy atom. The Bertz CT molecular complexity index is 1600. The minimum absolute atomic E-state index is 0.776. The average Bonchev–Trinajstić information content (AvgIpc) is 3.23. The topological polar surface area (TPSA) is 44.5 Å². The molecular formula is C27H19NO3. The van der Waals surface area contributed by atoms with Gasteiger partial charge in [0.2, 0.25) is 0 Å². The zero-order chi connectivity index (χ0) is 20.9. The number of ether oxygens (including phenoxy) is 2. The van der Waals surface area contributed by atoms with Crippen molar-refractivity contribution < 1.29 is 13.9 Å². The number of benzene rings is 4. The van der Waals surface area contributed by atoms with E-state index < -0.39 is 0 Å². The van der Waals surface area contributed by atoms with Crippen molar-refractivity contribution in [3.8, 4) is 22.8 Å². The molecule has 2 heterocycles. The Kier molecular flexibility index (Phi) is 3.87. The second-order valence-corrected chi connectivity index (χ2v) is 7.54. The Morgan fingerprint density at radius 3 is 2.29 bits per heavy atom. The summed E-state index contributed by atoms with van der Waals surface area (Å²) in [5, 5.41) is 5.58. The van der Waals surface area contributed by atoms with Crippen molar-refractivity contribution >= 4 is 43.6 Å². The van der Waals surface area contributed by atoms with Crippen molar-refractivity contribution in [1.29, 1.82) is 0 Å². The highest BCUT2D eigenvalue weighted by molar-refractivity contribution is 6.27. The molecule has 0 amide bonds. The van der Waals surface area contributed by atoms with Crippen LogP contribution in [0.25, 0.3) is 54.9 Å². The van der Waals surface area contributed by atoms with E-state index in [0.717, 1.165) is 55.6 Å². The molecule has 0 aliphatic carbocycles. The third-order valence-electron chi connectivity index (χ3n) is 5.86. The molecule has 0 saturated heterocycles. The summed E-state index contributed by atoms with van der Waals surface area (Å²) in [6.45, 7) is 0. The number of nitrogens with zero attached hydrogens (tertiary/aromatic N) is 1. The van der Waals surface area contributed by atoms with Crippen LogP contribution in [0, 0.1) is 0 Å². The van der Waals surface area contributed by atoms with Gasteiger partial charge in [-0.2, -0.15) is 0 Å². The van der Waals surface area contributed by atoms with Crippen LogP contribution in [0.5, 0.6) is 11.5 Å². The maximum atomic E-state index is 6.44. The van der Waals surface area contributed by atoms with Crippen molar-refractivity contribution in [2.24, 2.45) is 0 Å². The summed E-state index contributed by atoms with van der Waals surface area (Å²) in [6.07, 6.45) is 0. The standard InChI is InChI=1S/C27H19NO3/c1-29-18-10-7-17(8-11-18)26-27-25(21-13-12-19(30-2)15-22(21)28-26)24-20-6-4-3-5-16(20)9-14-23(24)31-27/h3-15H,1-2H3. The molecule has 0 saturated carbocycles. The van der Waals surface area contributed by atoms with E-state index in [0.29, 0.717) is 0 Å². The van der Waals surface area contributed by atoms with E-state index in [2.05, 4.69) is 36.4 Å². The first kappa shape index (κ1) is 17.8. The fourth-order valence-electron chi connectivity index (χ4n) is 4.35. The minimum Gasteiger partial charge on any atom is -0.497 e. The molecule has 150 valence electrons. The molecule has 6 rings (SSSR count). The van der Waals surface area contributed by atoms with E-state index in [4.69, 9.17) is 18.9 Å². The van der Waals surface area contributed by atoms with Crippen molar-refractivity contribution in [2.45, 2.75) is 0 Å². The van der Waals surface area contributed by atoms with Gasteiger partial charge in [0.25, 0.3) is 0 Å². The zero-order valence-electron chi connectivity index (χ0n) is 17.2. The predicted molar refractivity (Wildman–Crippen MR) is 125 cm³/mol. The fraction of sp³-hybridized carbons (Fsp3) is 0.0741. The summed E-state index contributed by atoms with van der Waals surface area (Å²) in [5.41, 5.74) is 4.29. The maximum absolute atomic E-state index is 6.44. The lowest BCUT2D eigenvalue weighted by Crippen LogP contribution is -1.90. The van der Waals surface area contributed by atoms with E-state index in [-0.39, 0.29) is 0 Å². The molecule has 4 nitrogen and oxygen atoms in total. The van der Waals surface area contributed by atoms with Crippen molar-refractivity contribution in [3.63, 3.8) is 0 Å². The van der Waals surface area contributed by atoms with E-state index in [9.17, 15) is 0 Å². The van der Waals surface area contributed by atoms with Gasteiger partial charge < -0.3 is 13.9 Å². The highest BCUT2D eigenvalue weighted by atomic mass is 16.5. The summed E-state index contributed by atoms with van der Waals surface area (Å²) in [5.74, 6) is 1.58. The van der Waals surface area contributed by atoms with Crippen LogP contribution in [-0.2, 0) is 0 Å². The lowest BCUT2D eigenvalue weighted by Gasteiger charge is -2.08. The molecule has 4 aromatic carbocycles. The molecule has 0 fully saturated rings. The predicted octanol–water partition coefficient (Wildman–Crippen LogP) is 6.97. The largest absolute Gasteiger partial charge is 0.497 e. The van der Waals surface area contributed by atoms with Gasteiger partial charge in [-0.25, -0.2) is 4.98 Å². The summed E-state index contributed by atoms with van der Waals surface area (Å²) in [6, 6.07) is 26.5. The summed E-state index contributed by atoms with van der Waals surface area (Å²) >= 11 is 0. The Morgan fingerprint density at radius 2 is 1.48 bits per heavy atom. The first-order valence-corrected chi connectivity index (χ1v) is 10.1. The molecule has 2 aromatic heterocycles. The highest BCUT2D eigenvalue weighted by Crippen LogP contribution is 2.42. The molecule has 0 radical (unpaired) electrons. The van der Waals surface area contributed by atoms with Gasteiger partial charge in [-0.1, -0.05) is 30.3 Å². The van der Waals surface area contributed by atoms with Crippen LogP contribution in [-0.4, -0.2) is 19.2 Å².